The van der Waals surface area contributed by atoms with Gasteiger partial charge in [0, 0.05) is 11.5 Å². The van der Waals surface area contributed by atoms with E-state index in [1.54, 1.807) is 11.3 Å². The fraction of sp³-hybridized carbons (Fsp3) is 0.407. The fourth-order valence-electron chi connectivity index (χ4n) is 4.51. The van der Waals surface area contributed by atoms with Crippen LogP contribution in [0.3, 0.4) is 0 Å². The molecule has 1 fully saturated rings. The van der Waals surface area contributed by atoms with Crippen molar-refractivity contribution in [2.24, 2.45) is 5.92 Å². The number of carbonyl (C=O) groups is 1. The van der Waals surface area contributed by atoms with E-state index < -0.39 is 0 Å². The Morgan fingerprint density at radius 1 is 0.903 bits per heavy atom. The topological polar surface area (TPSA) is 42.0 Å². The maximum absolute atomic E-state index is 13.4. The SMILES string of the molecule is O=C(Nc1cnc2ccsc2c1C1=C/C=C\C=C/C=C\1)C1CCCCCCCCCC1. The second-order valence-electron chi connectivity index (χ2n) is 8.52. The number of nitrogens with zero attached hydrogens (tertiary/aromatic N) is 1. The molecule has 2 heterocycles. The predicted octanol–water partition coefficient (Wildman–Crippen LogP) is 7.83. The summed E-state index contributed by atoms with van der Waals surface area (Å²) in [6, 6.07) is 2.04. The number of thiophene rings is 1. The molecule has 31 heavy (non-hydrogen) atoms. The van der Waals surface area contributed by atoms with Gasteiger partial charge in [0.25, 0.3) is 0 Å². The highest BCUT2D eigenvalue weighted by Gasteiger charge is 2.21. The second kappa shape index (κ2) is 11.2. The molecule has 1 N–H and O–H groups in total. The third kappa shape index (κ3) is 5.82. The van der Waals surface area contributed by atoms with Crippen molar-refractivity contribution in [3.05, 3.63) is 65.7 Å². The van der Waals surface area contributed by atoms with Gasteiger partial charge in [0.1, 0.15) is 0 Å². The van der Waals surface area contributed by atoms with Crippen LogP contribution >= 0.6 is 11.3 Å². The third-order valence-electron chi connectivity index (χ3n) is 6.24. The first-order valence-corrected chi connectivity index (χ1v) is 12.6. The number of anilines is 1. The number of hydrogen-bond donors (Lipinski definition) is 1. The summed E-state index contributed by atoms with van der Waals surface area (Å²) >= 11 is 1.68. The lowest BCUT2D eigenvalue weighted by molar-refractivity contribution is -0.120. The van der Waals surface area contributed by atoms with Crippen molar-refractivity contribution in [1.29, 1.82) is 0 Å². The average molecular weight is 433 g/mol. The van der Waals surface area contributed by atoms with E-state index in [1.165, 1.54) is 38.5 Å². The maximum atomic E-state index is 13.4. The van der Waals surface area contributed by atoms with Crippen LogP contribution in [0.25, 0.3) is 15.8 Å². The van der Waals surface area contributed by atoms with Gasteiger partial charge in [-0.15, -0.1) is 11.3 Å². The molecular weight excluding hydrogens is 400 g/mol. The van der Waals surface area contributed by atoms with Crippen molar-refractivity contribution < 1.29 is 4.79 Å². The Balaban J connectivity index is 1.60. The number of carbonyl (C=O) groups excluding carboxylic acids is 1. The van der Waals surface area contributed by atoms with E-state index in [0.29, 0.717) is 0 Å². The Morgan fingerprint density at radius 2 is 1.58 bits per heavy atom. The third-order valence-corrected chi connectivity index (χ3v) is 7.16. The molecule has 162 valence electrons. The van der Waals surface area contributed by atoms with E-state index in [-0.39, 0.29) is 11.8 Å². The zero-order valence-electron chi connectivity index (χ0n) is 18.2. The Bertz CT molecular complexity index is 999. The number of amides is 1. The molecule has 0 radical (unpaired) electrons. The summed E-state index contributed by atoms with van der Waals surface area (Å²) in [6.45, 7) is 0. The first-order valence-electron chi connectivity index (χ1n) is 11.7. The highest BCUT2D eigenvalue weighted by molar-refractivity contribution is 7.17. The van der Waals surface area contributed by atoms with Gasteiger partial charge >= 0.3 is 0 Å². The average Bonchev–Trinajstić information content (AvgIpc) is 3.20. The molecule has 2 aliphatic carbocycles. The van der Waals surface area contributed by atoms with E-state index in [0.717, 1.165) is 52.7 Å². The molecule has 0 aromatic carbocycles. The van der Waals surface area contributed by atoms with E-state index in [2.05, 4.69) is 27.8 Å². The molecule has 0 atom stereocenters. The van der Waals surface area contributed by atoms with E-state index in [1.807, 2.05) is 42.6 Å². The standard InChI is InChI=1S/C27H32N2OS/c30-27(22-16-12-6-3-1-2-4-7-13-17-22)29-24-20-28-23-18-19-31-26(23)25(24)21-14-10-8-5-9-11-15-21/h5,8-11,14-15,18-20,22H,1-4,6-7,12-13,16-17H2,(H,29,30)/b8-5-,9-5?,10-8?,11-9-,14-10-,15-11?,21-14?,21-15+. The van der Waals surface area contributed by atoms with Gasteiger partial charge in [0.05, 0.1) is 22.1 Å². The summed E-state index contributed by atoms with van der Waals surface area (Å²) in [7, 11) is 0. The lowest BCUT2D eigenvalue weighted by atomic mass is 9.94. The molecule has 4 heteroatoms. The summed E-state index contributed by atoms with van der Waals surface area (Å²) in [6.07, 6.45) is 28.3. The summed E-state index contributed by atoms with van der Waals surface area (Å²) in [5, 5.41) is 5.35. The van der Waals surface area contributed by atoms with Crippen LogP contribution in [0.15, 0.2) is 60.2 Å². The van der Waals surface area contributed by atoms with Crippen LogP contribution in [-0.2, 0) is 4.79 Å². The summed E-state index contributed by atoms with van der Waals surface area (Å²) in [4.78, 5) is 18.0. The molecule has 1 amide bonds. The van der Waals surface area contributed by atoms with Crippen LogP contribution in [0.2, 0.25) is 0 Å². The Labute approximate surface area is 189 Å². The van der Waals surface area contributed by atoms with Crippen LogP contribution in [0.4, 0.5) is 5.69 Å². The monoisotopic (exact) mass is 432 g/mol. The van der Waals surface area contributed by atoms with Crippen LogP contribution in [0.5, 0.6) is 0 Å². The van der Waals surface area contributed by atoms with Crippen LogP contribution < -0.4 is 5.32 Å². The minimum Gasteiger partial charge on any atom is -0.324 e. The number of hydrogen-bond acceptors (Lipinski definition) is 3. The number of pyridine rings is 1. The lowest BCUT2D eigenvalue weighted by Gasteiger charge is -2.19. The van der Waals surface area contributed by atoms with Crippen LogP contribution in [-0.4, -0.2) is 10.9 Å². The first-order chi connectivity index (χ1) is 15.3. The Kier molecular flexibility index (Phi) is 7.89. The van der Waals surface area contributed by atoms with Gasteiger partial charge in [-0.1, -0.05) is 93.9 Å². The van der Waals surface area contributed by atoms with Crippen molar-refractivity contribution in [1.82, 2.24) is 4.98 Å². The molecule has 1 saturated carbocycles. The Hall–Kier alpha value is -2.46. The summed E-state index contributed by atoms with van der Waals surface area (Å²) < 4.78 is 1.12. The number of allylic oxidation sites excluding steroid dienone is 8. The van der Waals surface area contributed by atoms with Crippen molar-refractivity contribution >= 4 is 38.7 Å². The van der Waals surface area contributed by atoms with E-state index in [4.69, 9.17) is 0 Å². The van der Waals surface area contributed by atoms with Gasteiger partial charge in [-0.25, -0.2) is 0 Å². The van der Waals surface area contributed by atoms with Crippen molar-refractivity contribution in [3.63, 3.8) is 0 Å². The number of nitrogens with one attached hydrogen (secondary N) is 1. The normalized spacial score (nSPS) is 23.5. The van der Waals surface area contributed by atoms with Gasteiger partial charge in [-0.05, 0) is 29.9 Å². The van der Waals surface area contributed by atoms with Crippen molar-refractivity contribution in [2.45, 2.75) is 64.2 Å². The fourth-order valence-corrected chi connectivity index (χ4v) is 5.43. The molecule has 2 aromatic heterocycles. The quantitative estimate of drug-likeness (QED) is 0.537. The zero-order valence-corrected chi connectivity index (χ0v) is 19.0. The van der Waals surface area contributed by atoms with Crippen LogP contribution in [0.1, 0.15) is 69.8 Å². The molecule has 0 spiro atoms. The minimum atomic E-state index is 0.0923. The highest BCUT2D eigenvalue weighted by Crippen LogP contribution is 2.36. The van der Waals surface area contributed by atoms with Gasteiger partial charge in [0.2, 0.25) is 5.91 Å². The first kappa shape index (κ1) is 21.8. The summed E-state index contributed by atoms with van der Waals surface area (Å²) in [5.74, 6) is 0.249. The van der Waals surface area contributed by atoms with Crippen molar-refractivity contribution in [2.75, 3.05) is 5.32 Å². The maximum Gasteiger partial charge on any atom is 0.227 e. The van der Waals surface area contributed by atoms with Crippen LogP contribution in [0, 0.1) is 5.92 Å². The van der Waals surface area contributed by atoms with Gasteiger partial charge < -0.3 is 5.32 Å². The molecular formula is C27H32N2OS. The molecule has 3 nitrogen and oxygen atoms in total. The number of rotatable bonds is 3. The lowest BCUT2D eigenvalue weighted by Crippen LogP contribution is -2.23. The summed E-state index contributed by atoms with van der Waals surface area (Å²) in [5.41, 5.74) is 3.96. The van der Waals surface area contributed by atoms with Crippen molar-refractivity contribution in [3.8, 4) is 0 Å². The number of aromatic nitrogens is 1. The Morgan fingerprint density at radius 3 is 2.35 bits per heavy atom. The van der Waals surface area contributed by atoms with E-state index >= 15 is 0 Å². The van der Waals surface area contributed by atoms with Gasteiger partial charge in [-0.3, -0.25) is 9.78 Å². The number of fused-ring (bicyclic) bond motifs is 1. The minimum absolute atomic E-state index is 0.0923. The largest absolute Gasteiger partial charge is 0.324 e. The second-order valence-corrected chi connectivity index (χ2v) is 9.44. The van der Waals surface area contributed by atoms with Gasteiger partial charge in [-0.2, -0.15) is 0 Å². The molecule has 0 saturated heterocycles. The highest BCUT2D eigenvalue weighted by atomic mass is 32.1. The van der Waals surface area contributed by atoms with E-state index in [9.17, 15) is 4.79 Å². The molecule has 2 aromatic rings. The molecule has 0 bridgehead atoms. The zero-order chi connectivity index (χ0) is 21.3. The smallest absolute Gasteiger partial charge is 0.227 e. The molecule has 0 unspecified atom stereocenters. The molecule has 0 aliphatic heterocycles. The predicted molar refractivity (Wildman–Crippen MR) is 133 cm³/mol. The molecule has 2 aliphatic rings. The van der Waals surface area contributed by atoms with Gasteiger partial charge in [0.15, 0.2) is 0 Å². The molecule has 4 rings (SSSR count).